The van der Waals surface area contributed by atoms with Gasteiger partial charge in [0.15, 0.2) is 36.4 Å². The number of hydrogen-bond acceptors (Lipinski definition) is 15. The monoisotopic (exact) mass is 862 g/mol. The Morgan fingerprint density at radius 2 is 1.31 bits per heavy atom. The highest BCUT2D eigenvalue weighted by Crippen LogP contribution is 2.41. The van der Waals surface area contributed by atoms with E-state index in [9.17, 15) is 9.59 Å². The van der Waals surface area contributed by atoms with Gasteiger partial charge in [0.2, 0.25) is 0 Å². The standard InChI is InChI=1S/C47H58O15/c1-7-23-51-44-41-39(61-46(5,6)62-41)37(30(2)56-44)58-43-40(53-26-35-21-15-10-16-22-35)38(36(27-54-43)52-25-34-19-13-9-14-20-34)59-45-42(57-31(3)48)47(29-55-45,60-32(4)49)28-50-24-33-17-11-8-12-18-33/h7-22,30,36-45H,1,23-29H2,2-6H3/t30?,36-,37+,38?,39?,40?,41?,42?,43+,44-,45+,47?/m1/s1. The Bertz CT molecular complexity index is 1880. The van der Waals surface area contributed by atoms with Crippen LogP contribution < -0.4 is 0 Å². The van der Waals surface area contributed by atoms with Crippen LogP contribution >= 0.6 is 0 Å². The van der Waals surface area contributed by atoms with Crippen LogP contribution in [0.25, 0.3) is 0 Å². The lowest BCUT2D eigenvalue weighted by atomic mass is 9.98. The quantitative estimate of drug-likeness (QED) is 0.109. The topological polar surface area (TPSA) is 154 Å². The summed E-state index contributed by atoms with van der Waals surface area (Å²) in [5.41, 5.74) is 1.12. The first-order valence-electron chi connectivity index (χ1n) is 21.0. The molecule has 0 aliphatic carbocycles. The molecule has 7 rings (SSSR count). The fourth-order valence-corrected chi connectivity index (χ4v) is 8.13. The van der Waals surface area contributed by atoms with Crippen LogP contribution in [0.1, 0.15) is 51.3 Å². The van der Waals surface area contributed by atoms with E-state index in [2.05, 4.69) is 6.58 Å². The highest BCUT2D eigenvalue weighted by Gasteiger charge is 2.60. The lowest BCUT2D eigenvalue weighted by Crippen LogP contribution is -2.63. The Balaban J connectivity index is 1.21. The highest BCUT2D eigenvalue weighted by atomic mass is 16.8. The van der Waals surface area contributed by atoms with Crippen molar-refractivity contribution in [3.05, 3.63) is 120 Å². The summed E-state index contributed by atoms with van der Waals surface area (Å²) >= 11 is 0. The van der Waals surface area contributed by atoms with Gasteiger partial charge in [0.25, 0.3) is 0 Å². The lowest BCUT2D eigenvalue weighted by molar-refractivity contribution is -0.352. The van der Waals surface area contributed by atoms with E-state index in [1.807, 2.05) is 112 Å². The molecule has 15 nitrogen and oxygen atoms in total. The fraction of sp³-hybridized carbons (Fsp3) is 0.532. The van der Waals surface area contributed by atoms with Crippen LogP contribution in [0.3, 0.4) is 0 Å². The molecular formula is C47H58O15. The summed E-state index contributed by atoms with van der Waals surface area (Å²) in [5, 5.41) is 0. The number of esters is 2. The number of benzene rings is 3. The Hall–Kier alpha value is -4.10. The van der Waals surface area contributed by atoms with E-state index in [1.54, 1.807) is 6.08 Å². The molecule has 62 heavy (non-hydrogen) atoms. The van der Waals surface area contributed by atoms with Crippen molar-refractivity contribution >= 4 is 11.9 Å². The first kappa shape index (κ1) is 45.9. The Morgan fingerprint density at radius 1 is 0.710 bits per heavy atom. The van der Waals surface area contributed by atoms with E-state index in [1.165, 1.54) is 13.8 Å². The minimum Gasteiger partial charge on any atom is -0.453 e. The Morgan fingerprint density at radius 3 is 1.92 bits per heavy atom. The predicted octanol–water partition coefficient (Wildman–Crippen LogP) is 5.56. The van der Waals surface area contributed by atoms with Crippen molar-refractivity contribution < 1.29 is 71.2 Å². The van der Waals surface area contributed by atoms with Gasteiger partial charge >= 0.3 is 11.9 Å². The molecule has 3 aromatic carbocycles. The van der Waals surface area contributed by atoms with E-state index in [-0.39, 0.29) is 46.2 Å². The molecule has 0 saturated carbocycles. The van der Waals surface area contributed by atoms with E-state index < -0.39 is 91.0 Å². The highest BCUT2D eigenvalue weighted by molar-refractivity contribution is 5.68. The zero-order valence-corrected chi connectivity index (χ0v) is 35.9. The van der Waals surface area contributed by atoms with Gasteiger partial charge in [-0.05, 0) is 37.5 Å². The SMILES string of the molecule is C=CCO[C@@H]1OC(C)[C@H](O[C@@H]2OC[C@@H](OCc3ccccc3)C(O[C@@H]3OCC(COCc4ccccc4)(OC(C)=O)C3OC(C)=O)C2OCc2ccccc2)C2OC(C)(C)OC21. The van der Waals surface area contributed by atoms with Crippen molar-refractivity contribution in [2.24, 2.45) is 0 Å². The molecule has 15 heteroatoms. The van der Waals surface area contributed by atoms with Crippen LogP contribution in [0, 0.1) is 0 Å². The Kier molecular flexibility index (Phi) is 15.6. The minimum absolute atomic E-state index is 0.00241. The van der Waals surface area contributed by atoms with E-state index in [0.717, 1.165) is 16.7 Å². The number of carbonyl (C=O) groups is 2. The fourth-order valence-electron chi connectivity index (χ4n) is 8.13. The lowest BCUT2D eigenvalue weighted by Gasteiger charge is -2.46. The van der Waals surface area contributed by atoms with Crippen LogP contribution in [-0.4, -0.2) is 117 Å². The summed E-state index contributed by atoms with van der Waals surface area (Å²) in [6.45, 7) is 12.2. The van der Waals surface area contributed by atoms with Crippen molar-refractivity contribution in [1.29, 1.82) is 0 Å². The summed E-state index contributed by atoms with van der Waals surface area (Å²) in [6.07, 6.45) is -8.05. The molecule has 4 aliphatic heterocycles. The Labute approximate surface area is 362 Å². The maximum absolute atomic E-state index is 12.8. The molecular weight excluding hydrogens is 805 g/mol. The van der Waals surface area contributed by atoms with Crippen LogP contribution in [0.15, 0.2) is 104 Å². The van der Waals surface area contributed by atoms with Crippen LogP contribution in [0.5, 0.6) is 0 Å². The number of ether oxygens (including phenoxy) is 13. The zero-order valence-electron chi connectivity index (χ0n) is 35.9. The molecule has 0 aromatic heterocycles. The van der Waals surface area contributed by atoms with E-state index in [4.69, 9.17) is 61.6 Å². The molecule has 4 saturated heterocycles. The molecule has 336 valence electrons. The molecule has 0 spiro atoms. The number of fused-ring (bicyclic) bond motifs is 1. The number of hydrogen-bond donors (Lipinski definition) is 0. The molecule has 4 heterocycles. The van der Waals surface area contributed by atoms with Gasteiger partial charge in [-0.25, -0.2) is 0 Å². The third kappa shape index (κ3) is 11.5. The maximum Gasteiger partial charge on any atom is 0.303 e. The van der Waals surface area contributed by atoms with Gasteiger partial charge in [0.1, 0.15) is 36.6 Å². The average molecular weight is 863 g/mol. The molecule has 0 amide bonds. The van der Waals surface area contributed by atoms with Gasteiger partial charge in [0.05, 0.1) is 52.4 Å². The van der Waals surface area contributed by atoms with Gasteiger partial charge < -0.3 is 61.6 Å². The average Bonchev–Trinajstić information content (AvgIpc) is 3.75. The summed E-state index contributed by atoms with van der Waals surface area (Å²) in [4.78, 5) is 25.6. The smallest absolute Gasteiger partial charge is 0.303 e. The van der Waals surface area contributed by atoms with Gasteiger partial charge in [-0.2, -0.15) is 0 Å². The van der Waals surface area contributed by atoms with Crippen LogP contribution in [-0.2, 0) is 91.0 Å². The molecule has 3 aromatic rings. The summed E-state index contributed by atoms with van der Waals surface area (Å²) < 4.78 is 83.1. The second-order valence-corrected chi connectivity index (χ2v) is 16.2. The normalized spacial score (nSPS) is 32.8. The third-order valence-electron chi connectivity index (χ3n) is 10.9. The molecule has 7 unspecified atom stereocenters. The zero-order chi connectivity index (χ0) is 43.7. The molecule has 0 bridgehead atoms. The minimum atomic E-state index is -1.57. The summed E-state index contributed by atoms with van der Waals surface area (Å²) in [6, 6.07) is 28.8. The molecule has 12 atom stereocenters. The van der Waals surface area contributed by atoms with Crippen LogP contribution in [0.2, 0.25) is 0 Å². The molecule has 4 aliphatic rings. The molecule has 4 fully saturated rings. The van der Waals surface area contributed by atoms with E-state index in [0.29, 0.717) is 0 Å². The third-order valence-corrected chi connectivity index (χ3v) is 10.9. The first-order valence-corrected chi connectivity index (χ1v) is 21.0. The maximum atomic E-state index is 12.8. The number of rotatable bonds is 19. The van der Waals surface area contributed by atoms with Crippen LogP contribution in [0.4, 0.5) is 0 Å². The van der Waals surface area contributed by atoms with Crippen molar-refractivity contribution in [2.75, 3.05) is 26.4 Å². The van der Waals surface area contributed by atoms with E-state index >= 15 is 0 Å². The van der Waals surface area contributed by atoms with Gasteiger partial charge in [0, 0.05) is 13.8 Å². The second-order valence-electron chi connectivity index (χ2n) is 16.2. The van der Waals surface area contributed by atoms with Gasteiger partial charge in [-0.3, -0.25) is 9.59 Å². The first-order chi connectivity index (χ1) is 29.9. The summed E-state index contributed by atoms with van der Waals surface area (Å²) in [5.74, 6) is -2.24. The van der Waals surface area contributed by atoms with Crippen molar-refractivity contribution in [1.82, 2.24) is 0 Å². The van der Waals surface area contributed by atoms with Crippen molar-refractivity contribution in [2.45, 2.75) is 134 Å². The summed E-state index contributed by atoms with van der Waals surface area (Å²) in [7, 11) is 0. The molecule has 0 N–H and O–H groups in total. The number of carbonyl (C=O) groups excluding carboxylic acids is 2. The van der Waals surface area contributed by atoms with Crippen molar-refractivity contribution in [3.63, 3.8) is 0 Å². The van der Waals surface area contributed by atoms with Gasteiger partial charge in [-0.15, -0.1) is 6.58 Å². The predicted molar refractivity (Wildman–Crippen MR) is 220 cm³/mol. The second kappa shape index (κ2) is 21.1. The van der Waals surface area contributed by atoms with Crippen molar-refractivity contribution in [3.8, 4) is 0 Å². The molecule has 0 radical (unpaired) electrons. The largest absolute Gasteiger partial charge is 0.453 e. The van der Waals surface area contributed by atoms with Gasteiger partial charge in [-0.1, -0.05) is 97.1 Å².